The molecule has 0 bridgehead atoms. The van der Waals surface area contributed by atoms with E-state index in [2.05, 4.69) is 15.2 Å². The minimum Gasteiger partial charge on any atom is -0.354 e. The van der Waals surface area contributed by atoms with Crippen LogP contribution in [0.3, 0.4) is 0 Å². The number of rotatable bonds is 5. The van der Waals surface area contributed by atoms with Gasteiger partial charge in [0.15, 0.2) is 5.78 Å². The summed E-state index contributed by atoms with van der Waals surface area (Å²) in [5.41, 5.74) is 2.57. The molecule has 1 saturated heterocycles. The first-order valence-electron chi connectivity index (χ1n) is 9.33. The monoisotopic (exact) mass is 360 g/mol. The van der Waals surface area contributed by atoms with Gasteiger partial charge in [-0.1, -0.05) is 0 Å². The number of hydrogen-bond donors (Lipinski definition) is 2. The second kappa shape index (κ2) is 7.23. The molecule has 2 heterocycles. The molecule has 0 unspecified atom stereocenters. The minimum atomic E-state index is -0.174. The molecule has 2 fully saturated rings. The number of aromatic nitrogens is 1. The van der Waals surface area contributed by atoms with Crippen LogP contribution in [0, 0.1) is 13.8 Å². The van der Waals surface area contributed by atoms with E-state index in [1.807, 2.05) is 20.8 Å². The predicted molar refractivity (Wildman–Crippen MR) is 98.4 cm³/mol. The minimum absolute atomic E-state index is 0.0318. The molecule has 0 radical (unpaired) electrons. The van der Waals surface area contributed by atoms with Crippen molar-refractivity contribution in [1.82, 2.24) is 20.1 Å². The fourth-order valence-electron chi connectivity index (χ4n) is 3.68. The third-order valence-electron chi connectivity index (χ3n) is 5.46. The molecular formula is C19H28N4O3. The predicted octanol–water partition coefficient (Wildman–Crippen LogP) is 1.26. The molecule has 0 spiro atoms. The van der Waals surface area contributed by atoms with E-state index < -0.39 is 0 Å². The quantitative estimate of drug-likeness (QED) is 0.774. The number of ketones is 1. The molecule has 7 heteroatoms. The highest BCUT2D eigenvalue weighted by Crippen LogP contribution is 2.21. The van der Waals surface area contributed by atoms with Gasteiger partial charge in [0, 0.05) is 43.5 Å². The molecule has 3 rings (SSSR count). The van der Waals surface area contributed by atoms with Gasteiger partial charge in [-0.3, -0.25) is 19.3 Å². The Morgan fingerprint density at radius 1 is 1.12 bits per heavy atom. The van der Waals surface area contributed by atoms with Crippen LogP contribution in [0.2, 0.25) is 0 Å². The number of aryl methyl sites for hydroxylation is 1. The normalized spacial score (nSPS) is 19.3. The van der Waals surface area contributed by atoms with E-state index in [1.54, 1.807) is 4.90 Å². The van der Waals surface area contributed by atoms with Crippen molar-refractivity contribution in [2.75, 3.05) is 26.2 Å². The van der Waals surface area contributed by atoms with Crippen LogP contribution in [-0.4, -0.2) is 70.6 Å². The van der Waals surface area contributed by atoms with Gasteiger partial charge in [-0.15, -0.1) is 0 Å². The van der Waals surface area contributed by atoms with Gasteiger partial charge < -0.3 is 15.2 Å². The van der Waals surface area contributed by atoms with Crippen LogP contribution in [0.25, 0.3) is 0 Å². The Kier molecular flexibility index (Phi) is 5.18. The third kappa shape index (κ3) is 3.67. The first kappa shape index (κ1) is 18.6. The summed E-state index contributed by atoms with van der Waals surface area (Å²) in [7, 11) is 0. The zero-order valence-electron chi connectivity index (χ0n) is 16.0. The summed E-state index contributed by atoms with van der Waals surface area (Å²) in [5, 5.41) is 3.04. The van der Waals surface area contributed by atoms with Crippen molar-refractivity contribution in [2.24, 2.45) is 0 Å². The van der Waals surface area contributed by atoms with Gasteiger partial charge in [-0.05, 0) is 46.1 Å². The molecule has 26 heavy (non-hydrogen) atoms. The van der Waals surface area contributed by atoms with Gasteiger partial charge in [0.25, 0.3) is 5.91 Å². The standard InChI is InChI=1S/C19H28N4O3/c1-11-16(14(4)24)12(2)20-17(11)19(26)23-9-7-22(8-10-23)13(3)18(25)21-15-5-6-15/h13,15,20H,5-10H2,1-4H3,(H,21,25)/t13-/m1/s1. The van der Waals surface area contributed by atoms with E-state index >= 15 is 0 Å². The van der Waals surface area contributed by atoms with Gasteiger partial charge in [-0.2, -0.15) is 0 Å². The molecule has 1 aliphatic heterocycles. The Balaban J connectivity index is 1.61. The highest BCUT2D eigenvalue weighted by atomic mass is 16.2. The number of carbonyl (C=O) groups excluding carboxylic acids is 3. The van der Waals surface area contributed by atoms with Crippen LogP contribution in [-0.2, 0) is 4.79 Å². The summed E-state index contributed by atoms with van der Waals surface area (Å²) < 4.78 is 0. The van der Waals surface area contributed by atoms with Gasteiger partial charge in [0.1, 0.15) is 5.69 Å². The Labute approximate surface area is 154 Å². The number of nitrogens with one attached hydrogen (secondary N) is 2. The van der Waals surface area contributed by atoms with Gasteiger partial charge in [-0.25, -0.2) is 0 Å². The lowest BCUT2D eigenvalue weighted by atomic mass is 10.1. The maximum Gasteiger partial charge on any atom is 0.270 e. The summed E-state index contributed by atoms with van der Waals surface area (Å²) in [6.45, 7) is 9.57. The second-order valence-corrected chi connectivity index (χ2v) is 7.47. The van der Waals surface area contributed by atoms with Crippen LogP contribution >= 0.6 is 0 Å². The number of aromatic amines is 1. The van der Waals surface area contributed by atoms with E-state index in [0.29, 0.717) is 43.5 Å². The molecule has 2 aliphatic rings. The van der Waals surface area contributed by atoms with Crippen LogP contribution in [0.4, 0.5) is 0 Å². The molecule has 0 aromatic carbocycles. The molecule has 1 saturated carbocycles. The number of hydrogen-bond acceptors (Lipinski definition) is 4. The van der Waals surface area contributed by atoms with Crippen LogP contribution < -0.4 is 5.32 Å². The smallest absolute Gasteiger partial charge is 0.270 e. The molecule has 1 atom stereocenters. The highest BCUT2D eigenvalue weighted by molar-refractivity contribution is 6.02. The Morgan fingerprint density at radius 2 is 1.73 bits per heavy atom. The fourth-order valence-corrected chi connectivity index (χ4v) is 3.68. The number of Topliss-reactive ketones (excluding diaryl/α,β-unsaturated/α-hetero) is 1. The summed E-state index contributed by atoms with van der Waals surface area (Å²) >= 11 is 0. The van der Waals surface area contributed by atoms with Crippen molar-refractivity contribution in [1.29, 1.82) is 0 Å². The molecule has 2 N–H and O–H groups in total. The van der Waals surface area contributed by atoms with Crippen molar-refractivity contribution < 1.29 is 14.4 Å². The third-order valence-corrected chi connectivity index (χ3v) is 5.46. The molecule has 142 valence electrons. The number of amides is 2. The van der Waals surface area contributed by atoms with Crippen molar-refractivity contribution >= 4 is 17.6 Å². The number of piperazine rings is 1. The molecular weight excluding hydrogens is 332 g/mol. The van der Waals surface area contributed by atoms with E-state index in [-0.39, 0.29) is 23.6 Å². The first-order valence-corrected chi connectivity index (χ1v) is 9.33. The summed E-state index contributed by atoms with van der Waals surface area (Å²) in [4.78, 5) is 43.8. The number of H-pyrrole nitrogens is 1. The maximum atomic E-state index is 12.9. The van der Waals surface area contributed by atoms with E-state index in [4.69, 9.17) is 0 Å². The average molecular weight is 360 g/mol. The van der Waals surface area contributed by atoms with Crippen molar-refractivity contribution in [2.45, 2.75) is 52.6 Å². The van der Waals surface area contributed by atoms with Crippen LogP contribution in [0.15, 0.2) is 0 Å². The zero-order valence-corrected chi connectivity index (χ0v) is 16.0. The van der Waals surface area contributed by atoms with E-state index in [1.165, 1.54) is 6.92 Å². The Hall–Kier alpha value is -2.15. The zero-order chi connectivity index (χ0) is 19.0. The van der Waals surface area contributed by atoms with E-state index in [9.17, 15) is 14.4 Å². The molecule has 2 amide bonds. The second-order valence-electron chi connectivity index (χ2n) is 7.47. The first-order chi connectivity index (χ1) is 12.3. The highest BCUT2D eigenvalue weighted by Gasteiger charge is 2.32. The largest absolute Gasteiger partial charge is 0.354 e. The topological polar surface area (TPSA) is 85.5 Å². The van der Waals surface area contributed by atoms with Gasteiger partial charge >= 0.3 is 0 Å². The van der Waals surface area contributed by atoms with Crippen molar-refractivity contribution in [3.63, 3.8) is 0 Å². The number of nitrogens with zero attached hydrogens (tertiary/aromatic N) is 2. The van der Waals surface area contributed by atoms with Crippen molar-refractivity contribution in [3.8, 4) is 0 Å². The summed E-state index contributed by atoms with van der Waals surface area (Å²) in [6.07, 6.45) is 2.16. The Morgan fingerprint density at radius 3 is 2.23 bits per heavy atom. The molecule has 7 nitrogen and oxygen atoms in total. The lowest BCUT2D eigenvalue weighted by Crippen LogP contribution is -2.55. The van der Waals surface area contributed by atoms with E-state index in [0.717, 1.165) is 24.1 Å². The lowest BCUT2D eigenvalue weighted by molar-refractivity contribution is -0.126. The van der Waals surface area contributed by atoms with Crippen molar-refractivity contribution in [3.05, 3.63) is 22.5 Å². The summed E-state index contributed by atoms with van der Waals surface area (Å²) in [5.74, 6) is -0.0299. The fraction of sp³-hybridized carbons (Fsp3) is 0.632. The van der Waals surface area contributed by atoms with Crippen LogP contribution in [0.1, 0.15) is 58.8 Å². The van der Waals surface area contributed by atoms with Gasteiger partial charge in [0.2, 0.25) is 5.91 Å². The lowest BCUT2D eigenvalue weighted by Gasteiger charge is -2.37. The molecule has 1 aromatic rings. The average Bonchev–Trinajstić information content (AvgIpc) is 3.36. The maximum absolute atomic E-state index is 12.9. The van der Waals surface area contributed by atoms with Gasteiger partial charge in [0.05, 0.1) is 6.04 Å². The van der Waals surface area contributed by atoms with Crippen LogP contribution in [0.5, 0.6) is 0 Å². The molecule has 1 aliphatic carbocycles. The Bertz CT molecular complexity index is 727. The summed E-state index contributed by atoms with van der Waals surface area (Å²) in [6, 6.07) is 0.189. The molecule has 1 aromatic heterocycles. The SMILES string of the molecule is CC(=O)c1c(C)[nH]c(C(=O)N2CCN([C@H](C)C(=O)NC3CC3)CC2)c1C. The number of carbonyl (C=O) groups is 3.